The van der Waals surface area contributed by atoms with Gasteiger partial charge in [0.25, 0.3) is 5.56 Å². The van der Waals surface area contributed by atoms with Crippen molar-refractivity contribution in [3.05, 3.63) is 109 Å². The summed E-state index contributed by atoms with van der Waals surface area (Å²) in [5.74, 6) is -1.22. The van der Waals surface area contributed by atoms with E-state index in [9.17, 15) is 24.3 Å². The van der Waals surface area contributed by atoms with Gasteiger partial charge >= 0.3 is 17.3 Å². The Labute approximate surface area is 210 Å². The summed E-state index contributed by atoms with van der Waals surface area (Å²) in [4.78, 5) is 55.4. The van der Waals surface area contributed by atoms with Gasteiger partial charge in [-0.2, -0.15) is 4.98 Å². The molecule has 37 heavy (non-hydrogen) atoms. The van der Waals surface area contributed by atoms with Crippen LogP contribution in [0.15, 0.2) is 81.2 Å². The number of rotatable bonds is 9. The molecular weight excluding hydrogens is 478 g/mol. The van der Waals surface area contributed by atoms with Crippen LogP contribution in [0, 0.1) is 12.8 Å². The van der Waals surface area contributed by atoms with Crippen LogP contribution in [-0.4, -0.2) is 30.2 Å². The van der Waals surface area contributed by atoms with Crippen molar-refractivity contribution in [2.45, 2.75) is 26.9 Å². The van der Waals surface area contributed by atoms with Crippen LogP contribution in [-0.2, 0) is 17.9 Å². The van der Waals surface area contributed by atoms with E-state index < -0.39 is 23.3 Å². The summed E-state index contributed by atoms with van der Waals surface area (Å²) in [6.07, 6.45) is 1.48. The number of pyridine rings is 1. The molecule has 4 aromatic rings. The zero-order valence-electron chi connectivity index (χ0n) is 20.2. The van der Waals surface area contributed by atoms with Crippen molar-refractivity contribution >= 4 is 17.6 Å². The first-order chi connectivity index (χ1) is 17.7. The molecule has 0 fully saturated rings. The van der Waals surface area contributed by atoms with Crippen LogP contribution in [0.4, 0.5) is 11.6 Å². The number of carbonyl (C=O) groups is 1. The third-order valence-electron chi connectivity index (χ3n) is 5.58. The zero-order chi connectivity index (χ0) is 26.5. The smallest absolute Gasteiger partial charge is 0.354 e. The molecule has 0 unspecified atom stereocenters. The molecule has 2 aromatic carbocycles. The number of aromatic nitrogens is 4. The molecule has 0 bridgehead atoms. The second-order valence-electron chi connectivity index (χ2n) is 8.56. The molecule has 2 heterocycles. The molecule has 190 valence electrons. The highest BCUT2D eigenvalue weighted by molar-refractivity contribution is 5.69. The molecule has 0 spiro atoms. The van der Waals surface area contributed by atoms with E-state index in [1.807, 2.05) is 31.2 Å². The lowest BCUT2D eigenvalue weighted by molar-refractivity contribution is -0.141. The largest absolute Gasteiger partial charge is 0.481 e. The van der Waals surface area contributed by atoms with Gasteiger partial charge in [0.15, 0.2) is 0 Å². The first-order valence-corrected chi connectivity index (χ1v) is 11.4. The molecule has 1 atom stereocenters. The number of hydrogen-bond acceptors (Lipinski definition) is 7. The number of anilines is 2. The Kier molecular flexibility index (Phi) is 7.33. The second-order valence-corrected chi connectivity index (χ2v) is 8.56. The topological polar surface area (TPSA) is 148 Å². The molecule has 0 saturated carbocycles. The molecule has 0 aliphatic rings. The van der Waals surface area contributed by atoms with Crippen molar-refractivity contribution in [1.29, 1.82) is 0 Å². The van der Waals surface area contributed by atoms with E-state index in [0.29, 0.717) is 17.2 Å². The zero-order valence-corrected chi connectivity index (χ0v) is 20.2. The Morgan fingerprint density at radius 2 is 1.73 bits per heavy atom. The third-order valence-corrected chi connectivity index (χ3v) is 5.58. The van der Waals surface area contributed by atoms with E-state index in [2.05, 4.69) is 15.3 Å². The summed E-state index contributed by atoms with van der Waals surface area (Å²) in [6, 6.07) is 17.1. The first-order valence-electron chi connectivity index (χ1n) is 11.4. The Morgan fingerprint density at radius 1 is 1.03 bits per heavy atom. The quantitative estimate of drug-likeness (QED) is 0.316. The Hall–Kier alpha value is -4.93. The average molecular weight is 504 g/mol. The summed E-state index contributed by atoms with van der Waals surface area (Å²) < 4.78 is 7.79. The van der Waals surface area contributed by atoms with Crippen molar-refractivity contribution in [3.8, 4) is 11.5 Å². The van der Waals surface area contributed by atoms with Crippen LogP contribution in [0.3, 0.4) is 0 Å². The molecule has 0 amide bonds. The van der Waals surface area contributed by atoms with Crippen molar-refractivity contribution in [2.24, 2.45) is 5.92 Å². The number of aromatic amines is 1. The molecule has 11 nitrogen and oxygen atoms in total. The highest BCUT2D eigenvalue weighted by atomic mass is 16.5. The minimum atomic E-state index is -1.12. The second kappa shape index (κ2) is 10.8. The minimum absolute atomic E-state index is 0.0121. The lowest BCUT2D eigenvalue weighted by atomic mass is 10.1. The highest BCUT2D eigenvalue weighted by Gasteiger charge is 2.19. The number of ether oxygens (including phenoxy) is 1. The summed E-state index contributed by atoms with van der Waals surface area (Å²) >= 11 is 0. The average Bonchev–Trinajstić information content (AvgIpc) is 2.86. The molecule has 0 saturated heterocycles. The van der Waals surface area contributed by atoms with E-state index in [1.54, 1.807) is 30.3 Å². The fraction of sp³-hybridized carbons (Fsp3) is 0.192. The SMILES string of the molecule is Cc1ccc(Cn2c(Nc3ccc(Oc4cc[nH]c(=O)c4)cc3)nc(=O)n(C[C@H](C)C(=O)O)c2=O)cc1. The molecule has 3 N–H and O–H groups in total. The molecule has 0 radical (unpaired) electrons. The lowest BCUT2D eigenvalue weighted by Gasteiger charge is -2.17. The van der Waals surface area contributed by atoms with Crippen molar-refractivity contribution in [3.63, 3.8) is 0 Å². The van der Waals surface area contributed by atoms with Gasteiger partial charge < -0.3 is 20.1 Å². The standard InChI is InChI=1S/C26H25N5O6/c1-16-3-5-18(6-4-16)15-30-24(29-25(35)31(26(30)36)14-17(2)23(33)34)28-19-7-9-20(10-8-19)37-21-11-12-27-22(32)13-21/h3-13,17H,14-15H2,1-2H3,(H,27,32)(H,33,34)(H,28,29,35)/t17-/m0/s1. The van der Waals surface area contributed by atoms with Gasteiger partial charge in [0, 0.05) is 24.5 Å². The van der Waals surface area contributed by atoms with Gasteiger partial charge in [-0.25, -0.2) is 14.2 Å². The van der Waals surface area contributed by atoms with Gasteiger partial charge in [0.05, 0.1) is 12.5 Å². The van der Waals surface area contributed by atoms with Gasteiger partial charge in [-0.05, 0) is 42.8 Å². The number of hydrogen-bond donors (Lipinski definition) is 3. The fourth-order valence-corrected chi connectivity index (χ4v) is 3.51. The number of aryl methyl sites for hydroxylation is 1. The van der Waals surface area contributed by atoms with Crippen LogP contribution in [0.2, 0.25) is 0 Å². The molecule has 4 rings (SSSR count). The Bertz CT molecular complexity index is 1590. The van der Waals surface area contributed by atoms with E-state index >= 15 is 0 Å². The van der Waals surface area contributed by atoms with Gasteiger partial charge in [-0.1, -0.05) is 36.8 Å². The molecule has 2 aromatic heterocycles. The van der Waals surface area contributed by atoms with E-state index in [0.717, 1.165) is 15.7 Å². The van der Waals surface area contributed by atoms with Crippen molar-refractivity contribution in [1.82, 2.24) is 19.1 Å². The van der Waals surface area contributed by atoms with E-state index in [4.69, 9.17) is 4.74 Å². The molecule has 0 aliphatic heterocycles. The van der Waals surface area contributed by atoms with E-state index in [1.165, 1.54) is 23.8 Å². The molecular formula is C26H25N5O6. The maximum absolute atomic E-state index is 13.3. The Balaban J connectivity index is 1.66. The van der Waals surface area contributed by atoms with Gasteiger partial charge in [-0.15, -0.1) is 0 Å². The van der Waals surface area contributed by atoms with E-state index in [-0.39, 0.29) is 24.6 Å². The van der Waals surface area contributed by atoms with Crippen molar-refractivity contribution < 1.29 is 14.6 Å². The minimum Gasteiger partial charge on any atom is -0.481 e. The lowest BCUT2D eigenvalue weighted by Crippen LogP contribution is -2.44. The number of carboxylic acids is 1. The number of aliphatic carboxylic acids is 1. The number of benzene rings is 2. The third kappa shape index (κ3) is 6.20. The predicted octanol–water partition coefficient (Wildman–Crippen LogP) is 2.71. The monoisotopic (exact) mass is 503 g/mol. The highest BCUT2D eigenvalue weighted by Crippen LogP contribution is 2.23. The predicted molar refractivity (Wildman–Crippen MR) is 137 cm³/mol. The summed E-state index contributed by atoms with van der Waals surface area (Å²) in [6.45, 7) is 3.17. The fourth-order valence-electron chi connectivity index (χ4n) is 3.51. The maximum Gasteiger partial charge on any atom is 0.354 e. The van der Waals surface area contributed by atoms with Gasteiger partial charge in [-0.3, -0.25) is 14.2 Å². The van der Waals surface area contributed by atoms with Crippen LogP contribution in [0.25, 0.3) is 0 Å². The Morgan fingerprint density at radius 3 is 2.38 bits per heavy atom. The molecule has 11 heteroatoms. The first kappa shape index (κ1) is 25.2. The summed E-state index contributed by atoms with van der Waals surface area (Å²) in [5.41, 5.74) is 0.561. The van der Waals surface area contributed by atoms with Crippen molar-refractivity contribution in [2.75, 3.05) is 5.32 Å². The van der Waals surface area contributed by atoms with Gasteiger partial charge in [0.1, 0.15) is 11.5 Å². The number of nitrogens with one attached hydrogen (secondary N) is 2. The van der Waals surface area contributed by atoms with Crippen LogP contribution in [0.5, 0.6) is 11.5 Å². The summed E-state index contributed by atoms with van der Waals surface area (Å²) in [5, 5.41) is 12.3. The van der Waals surface area contributed by atoms with Gasteiger partial charge in [0.2, 0.25) is 5.95 Å². The number of carboxylic acid groups (broad SMARTS) is 1. The summed E-state index contributed by atoms with van der Waals surface area (Å²) in [7, 11) is 0. The normalized spacial score (nSPS) is 11.6. The van der Waals surface area contributed by atoms with Crippen LogP contribution in [0.1, 0.15) is 18.1 Å². The maximum atomic E-state index is 13.3. The molecule has 0 aliphatic carbocycles. The number of nitrogens with zero attached hydrogens (tertiary/aromatic N) is 3. The van der Waals surface area contributed by atoms with Crippen LogP contribution >= 0.6 is 0 Å². The van der Waals surface area contributed by atoms with Crippen LogP contribution < -0.4 is 27.0 Å². The number of H-pyrrole nitrogens is 1.